The van der Waals surface area contributed by atoms with Gasteiger partial charge in [0.2, 0.25) is 0 Å². The maximum Gasteiger partial charge on any atom is 0.0544 e. The largest absolute Gasteiger partial charge is 0.381 e. The first kappa shape index (κ1) is 16.9. The minimum Gasteiger partial charge on any atom is -0.381 e. The zero-order valence-electron chi connectivity index (χ0n) is 12.7. The molecule has 0 heterocycles. The molecule has 0 fully saturated rings. The molecule has 0 aliphatic heterocycles. The molecular formula is C15H32O2. The Morgan fingerprint density at radius 1 is 0.765 bits per heavy atom. The second kappa shape index (κ2) is 8.93. The Morgan fingerprint density at radius 2 is 1.12 bits per heavy atom. The van der Waals surface area contributed by atoms with Gasteiger partial charge in [-0.2, -0.15) is 0 Å². The highest BCUT2D eigenvalue weighted by molar-refractivity contribution is 4.81. The summed E-state index contributed by atoms with van der Waals surface area (Å²) in [5.74, 6) is 1.38. The average molecular weight is 244 g/mol. The Kier molecular flexibility index (Phi) is 8.89. The molecule has 0 atom stereocenters. The molecule has 0 aromatic carbocycles. The van der Waals surface area contributed by atoms with Crippen LogP contribution in [0.3, 0.4) is 0 Å². The van der Waals surface area contributed by atoms with Crippen LogP contribution in [-0.4, -0.2) is 26.4 Å². The van der Waals surface area contributed by atoms with Crippen molar-refractivity contribution in [2.45, 2.75) is 54.4 Å². The first-order valence-electron chi connectivity index (χ1n) is 7.11. The first-order chi connectivity index (χ1) is 7.95. The molecule has 0 aliphatic carbocycles. The molecule has 0 saturated heterocycles. The predicted molar refractivity (Wildman–Crippen MR) is 74.3 cm³/mol. The molecule has 104 valence electrons. The zero-order valence-corrected chi connectivity index (χ0v) is 12.7. The maximum absolute atomic E-state index is 5.72. The zero-order chi connectivity index (χ0) is 13.3. The van der Waals surface area contributed by atoms with Crippen LogP contribution in [0, 0.1) is 17.3 Å². The summed E-state index contributed by atoms with van der Waals surface area (Å²) in [5, 5.41) is 0. The van der Waals surface area contributed by atoms with Crippen molar-refractivity contribution in [3.05, 3.63) is 0 Å². The van der Waals surface area contributed by atoms with Crippen LogP contribution in [0.5, 0.6) is 0 Å². The highest BCUT2D eigenvalue weighted by Gasteiger charge is 2.32. The summed E-state index contributed by atoms with van der Waals surface area (Å²) >= 11 is 0. The molecule has 2 nitrogen and oxygen atoms in total. The van der Waals surface area contributed by atoms with Crippen LogP contribution in [-0.2, 0) is 9.47 Å². The van der Waals surface area contributed by atoms with Crippen LogP contribution in [0.15, 0.2) is 0 Å². The lowest BCUT2D eigenvalue weighted by Gasteiger charge is -2.36. The quantitative estimate of drug-likeness (QED) is 0.575. The van der Waals surface area contributed by atoms with E-state index in [4.69, 9.17) is 9.47 Å². The molecule has 0 aromatic heterocycles. The normalized spacial score (nSPS) is 12.7. The van der Waals surface area contributed by atoms with Gasteiger partial charge in [-0.15, -0.1) is 0 Å². The van der Waals surface area contributed by atoms with Gasteiger partial charge in [0.15, 0.2) is 0 Å². The third kappa shape index (κ3) is 7.77. The highest BCUT2D eigenvalue weighted by Crippen LogP contribution is 2.34. The van der Waals surface area contributed by atoms with Gasteiger partial charge in [0.1, 0.15) is 0 Å². The number of hydrogen-bond donors (Lipinski definition) is 0. The van der Waals surface area contributed by atoms with Gasteiger partial charge in [-0.1, -0.05) is 27.7 Å². The van der Waals surface area contributed by atoms with E-state index in [1.165, 1.54) is 12.8 Å². The van der Waals surface area contributed by atoms with Crippen molar-refractivity contribution < 1.29 is 9.47 Å². The van der Waals surface area contributed by atoms with Crippen molar-refractivity contribution in [2.75, 3.05) is 26.4 Å². The van der Waals surface area contributed by atoms with Gasteiger partial charge in [0, 0.05) is 18.6 Å². The molecule has 0 unspecified atom stereocenters. The lowest BCUT2D eigenvalue weighted by molar-refractivity contribution is -0.0391. The lowest BCUT2D eigenvalue weighted by atomic mass is 9.75. The van der Waals surface area contributed by atoms with E-state index in [9.17, 15) is 0 Å². The first-order valence-corrected chi connectivity index (χ1v) is 7.11. The summed E-state index contributed by atoms with van der Waals surface area (Å²) in [6.07, 6.45) is 2.37. The SMILES string of the molecule is CCOCC(COCC)(CC(C)C)CC(C)C. The van der Waals surface area contributed by atoms with Crippen LogP contribution in [0.2, 0.25) is 0 Å². The van der Waals surface area contributed by atoms with Crippen LogP contribution in [0.4, 0.5) is 0 Å². The number of hydrogen-bond acceptors (Lipinski definition) is 2. The minimum atomic E-state index is 0.203. The monoisotopic (exact) mass is 244 g/mol. The molecule has 0 saturated carbocycles. The van der Waals surface area contributed by atoms with Gasteiger partial charge in [0.05, 0.1) is 13.2 Å². The van der Waals surface area contributed by atoms with E-state index in [0.29, 0.717) is 11.8 Å². The van der Waals surface area contributed by atoms with E-state index in [0.717, 1.165) is 26.4 Å². The van der Waals surface area contributed by atoms with Crippen molar-refractivity contribution in [3.63, 3.8) is 0 Å². The fraction of sp³-hybridized carbons (Fsp3) is 1.00. The summed E-state index contributed by atoms with van der Waals surface area (Å²) in [5.41, 5.74) is 0.203. The van der Waals surface area contributed by atoms with Gasteiger partial charge in [-0.05, 0) is 38.5 Å². The van der Waals surface area contributed by atoms with Crippen molar-refractivity contribution in [1.82, 2.24) is 0 Å². The van der Waals surface area contributed by atoms with Crippen LogP contribution in [0.1, 0.15) is 54.4 Å². The van der Waals surface area contributed by atoms with Gasteiger partial charge in [-0.25, -0.2) is 0 Å². The summed E-state index contributed by atoms with van der Waals surface area (Å²) in [4.78, 5) is 0. The second-order valence-electron chi connectivity index (χ2n) is 5.97. The Bertz CT molecular complexity index is 156. The van der Waals surface area contributed by atoms with Crippen LogP contribution < -0.4 is 0 Å². The van der Waals surface area contributed by atoms with Gasteiger partial charge < -0.3 is 9.47 Å². The smallest absolute Gasteiger partial charge is 0.0544 e. The third-order valence-corrected chi connectivity index (χ3v) is 2.91. The Balaban J connectivity index is 4.63. The van der Waals surface area contributed by atoms with Crippen LogP contribution in [0.25, 0.3) is 0 Å². The summed E-state index contributed by atoms with van der Waals surface area (Å²) in [6, 6.07) is 0. The third-order valence-electron chi connectivity index (χ3n) is 2.91. The molecular weight excluding hydrogens is 212 g/mol. The van der Waals surface area contributed by atoms with Crippen molar-refractivity contribution in [1.29, 1.82) is 0 Å². The van der Waals surface area contributed by atoms with E-state index >= 15 is 0 Å². The number of rotatable bonds is 10. The summed E-state index contributed by atoms with van der Waals surface area (Å²) in [6.45, 7) is 16.5. The number of ether oxygens (including phenoxy) is 2. The van der Waals surface area contributed by atoms with Gasteiger partial charge >= 0.3 is 0 Å². The second-order valence-corrected chi connectivity index (χ2v) is 5.97. The molecule has 0 aromatic rings. The fourth-order valence-corrected chi connectivity index (χ4v) is 2.73. The summed E-state index contributed by atoms with van der Waals surface area (Å²) < 4.78 is 11.4. The van der Waals surface area contributed by atoms with E-state index < -0.39 is 0 Å². The molecule has 0 amide bonds. The topological polar surface area (TPSA) is 18.5 Å². The Hall–Kier alpha value is -0.0800. The average Bonchev–Trinajstić information content (AvgIpc) is 2.22. The van der Waals surface area contributed by atoms with Gasteiger partial charge in [-0.3, -0.25) is 0 Å². The minimum absolute atomic E-state index is 0.203. The van der Waals surface area contributed by atoms with E-state index in [1.807, 2.05) is 0 Å². The fourth-order valence-electron chi connectivity index (χ4n) is 2.73. The molecule has 0 N–H and O–H groups in total. The Labute approximate surface area is 108 Å². The molecule has 17 heavy (non-hydrogen) atoms. The van der Waals surface area contributed by atoms with Crippen molar-refractivity contribution in [3.8, 4) is 0 Å². The molecule has 0 spiro atoms. The Morgan fingerprint density at radius 3 is 1.35 bits per heavy atom. The highest BCUT2D eigenvalue weighted by atomic mass is 16.5. The molecule has 0 aliphatic rings. The predicted octanol–water partition coefficient (Wildman–Crippen LogP) is 4.14. The van der Waals surface area contributed by atoms with E-state index in [2.05, 4.69) is 41.5 Å². The van der Waals surface area contributed by atoms with Crippen LogP contribution >= 0.6 is 0 Å². The van der Waals surface area contributed by atoms with Crippen molar-refractivity contribution >= 4 is 0 Å². The van der Waals surface area contributed by atoms with Crippen molar-refractivity contribution in [2.24, 2.45) is 17.3 Å². The molecule has 0 rings (SSSR count). The maximum atomic E-state index is 5.72. The molecule has 0 bridgehead atoms. The van der Waals surface area contributed by atoms with E-state index in [1.54, 1.807) is 0 Å². The van der Waals surface area contributed by atoms with Gasteiger partial charge in [0.25, 0.3) is 0 Å². The van der Waals surface area contributed by atoms with E-state index in [-0.39, 0.29) is 5.41 Å². The molecule has 0 radical (unpaired) electrons. The summed E-state index contributed by atoms with van der Waals surface area (Å²) in [7, 11) is 0. The standard InChI is InChI=1S/C15H32O2/c1-7-16-11-15(9-13(3)4,10-14(5)6)12-17-8-2/h13-14H,7-12H2,1-6H3. The lowest BCUT2D eigenvalue weighted by Crippen LogP contribution is -2.35. The molecule has 2 heteroatoms.